The third kappa shape index (κ3) is 4.34. The number of nitrogens with one attached hydrogen (secondary N) is 1. The molecule has 6 nitrogen and oxygen atoms in total. The van der Waals surface area contributed by atoms with Crippen molar-refractivity contribution in [2.24, 2.45) is 0 Å². The number of rotatable bonds is 5. The molecule has 2 aliphatic heterocycles. The first-order valence-corrected chi connectivity index (χ1v) is 12.7. The summed E-state index contributed by atoms with van der Waals surface area (Å²) in [5.74, 6) is -1.01. The van der Waals surface area contributed by atoms with E-state index in [0.29, 0.717) is 26.2 Å². The lowest BCUT2D eigenvalue weighted by Crippen LogP contribution is -2.35. The highest BCUT2D eigenvalue weighted by molar-refractivity contribution is 8.26. The quantitative estimate of drug-likeness (QED) is 0.370. The van der Waals surface area contributed by atoms with Gasteiger partial charge in [-0.05, 0) is 43.2 Å². The third-order valence-corrected chi connectivity index (χ3v) is 7.62. The Labute approximate surface area is 219 Å². The summed E-state index contributed by atoms with van der Waals surface area (Å²) in [5, 5.41) is 2.85. The fraction of sp³-hybridized carbons (Fsp3) is 0.143. The van der Waals surface area contributed by atoms with Crippen LogP contribution in [-0.2, 0) is 14.4 Å². The molecule has 2 aliphatic rings. The molecule has 36 heavy (non-hydrogen) atoms. The summed E-state index contributed by atoms with van der Waals surface area (Å²) in [6, 6.07) is 24.0. The van der Waals surface area contributed by atoms with Gasteiger partial charge >= 0.3 is 0 Å². The Kier molecular flexibility index (Phi) is 6.47. The van der Waals surface area contributed by atoms with E-state index >= 15 is 0 Å². The second-order valence-electron chi connectivity index (χ2n) is 8.66. The van der Waals surface area contributed by atoms with Gasteiger partial charge in [0, 0.05) is 11.3 Å². The zero-order valence-corrected chi connectivity index (χ0v) is 21.4. The van der Waals surface area contributed by atoms with Crippen LogP contribution in [0.15, 0.2) is 83.8 Å². The first-order chi connectivity index (χ1) is 17.3. The van der Waals surface area contributed by atoms with E-state index in [9.17, 15) is 14.4 Å². The molecule has 1 saturated heterocycles. The summed E-state index contributed by atoms with van der Waals surface area (Å²) in [7, 11) is 0. The number of anilines is 2. The van der Waals surface area contributed by atoms with Gasteiger partial charge in [0.05, 0.1) is 22.2 Å². The number of carbonyl (C=O) groups is 3. The highest BCUT2D eigenvalue weighted by Crippen LogP contribution is 2.46. The predicted molar refractivity (Wildman–Crippen MR) is 147 cm³/mol. The van der Waals surface area contributed by atoms with E-state index in [1.807, 2.05) is 74.5 Å². The van der Waals surface area contributed by atoms with E-state index in [4.69, 9.17) is 12.2 Å². The van der Waals surface area contributed by atoms with Crippen LogP contribution in [-0.4, -0.2) is 33.5 Å². The van der Waals surface area contributed by atoms with Crippen molar-refractivity contribution in [3.05, 3.63) is 100 Å². The fourth-order valence-electron chi connectivity index (χ4n) is 4.47. The van der Waals surface area contributed by atoms with E-state index in [1.54, 1.807) is 23.1 Å². The van der Waals surface area contributed by atoms with Gasteiger partial charge in [0.25, 0.3) is 11.8 Å². The van der Waals surface area contributed by atoms with Crippen LogP contribution in [0.1, 0.15) is 29.7 Å². The van der Waals surface area contributed by atoms with Crippen LogP contribution in [0.5, 0.6) is 0 Å². The number of nitrogens with zero attached hydrogens (tertiary/aromatic N) is 2. The number of thioether (sulfide) groups is 1. The van der Waals surface area contributed by atoms with Crippen molar-refractivity contribution >= 4 is 63.0 Å². The number of fused-ring (bicyclic) bond motifs is 1. The highest BCUT2D eigenvalue weighted by atomic mass is 32.2. The fourth-order valence-corrected chi connectivity index (χ4v) is 5.96. The van der Waals surface area contributed by atoms with E-state index in [0.717, 1.165) is 22.9 Å². The standard InChI is InChI=1S/C28H23N3O3S2/c1-17-9-8-12-20(15-17)29-23(32)16-30-22-14-7-6-13-21(22)24(26(30)33)25-27(34)31(28(35)36-25)18(2)19-10-4-3-5-11-19/h3-15,18H,16H2,1-2H3,(H,29,32)/b25-24-. The molecule has 0 spiro atoms. The number of aryl methyl sites for hydroxylation is 1. The van der Waals surface area contributed by atoms with Crippen LogP contribution in [0.25, 0.3) is 5.57 Å². The number of hydrogen-bond donors (Lipinski definition) is 1. The first kappa shape index (κ1) is 24.0. The Balaban J connectivity index is 1.46. The monoisotopic (exact) mass is 513 g/mol. The minimum absolute atomic E-state index is 0.173. The molecule has 1 fully saturated rings. The smallest absolute Gasteiger partial charge is 0.267 e. The number of hydrogen-bond acceptors (Lipinski definition) is 5. The average molecular weight is 514 g/mol. The van der Waals surface area contributed by atoms with Crippen molar-refractivity contribution < 1.29 is 14.4 Å². The Morgan fingerprint density at radius 3 is 2.44 bits per heavy atom. The molecule has 1 unspecified atom stereocenters. The Hall–Kier alpha value is -3.75. The molecule has 1 atom stereocenters. The minimum Gasteiger partial charge on any atom is -0.325 e. The number of amides is 3. The average Bonchev–Trinajstić information content (AvgIpc) is 3.31. The molecule has 3 amide bonds. The van der Waals surface area contributed by atoms with Crippen LogP contribution in [0, 0.1) is 6.92 Å². The zero-order valence-electron chi connectivity index (χ0n) is 19.7. The molecule has 1 N–H and O–H groups in total. The minimum atomic E-state index is -0.386. The van der Waals surface area contributed by atoms with Gasteiger partial charge in [-0.1, -0.05) is 84.6 Å². The Morgan fingerprint density at radius 2 is 1.69 bits per heavy atom. The zero-order chi connectivity index (χ0) is 25.4. The van der Waals surface area contributed by atoms with Crippen LogP contribution in [0.4, 0.5) is 11.4 Å². The highest BCUT2D eigenvalue weighted by Gasteiger charge is 2.43. The summed E-state index contributed by atoms with van der Waals surface area (Å²) < 4.78 is 0.403. The number of benzene rings is 3. The van der Waals surface area contributed by atoms with E-state index < -0.39 is 0 Å². The van der Waals surface area contributed by atoms with Gasteiger partial charge in [0.1, 0.15) is 10.9 Å². The maximum Gasteiger partial charge on any atom is 0.267 e. The molecule has 0 bridgehead atoms. The molecule has 0 aliphatic carbocycles. The van der Waals surface area contributed by atoms with Crippen molar-refractivity contribution in [2.75, 3.05) is 16.8 Å². The van der Waals surface area contributed by atoms with Gasteiger partial charge in [-0.25, -0.2) is 0 Å². The normalized spacial score (nSPS) is 18.0. The lowest BCUT2D eigenvalue weighted by molar-refractivity contribution is -0.123. The van der Waals surface area contributed by atoms with Crippen LogP contribution in [0.2, 0.25) is 0 Å². The maximum atomic E-state index is 13.7. The van der Waals surface area contributed by atoms with Crippen molar-refractivity contribution in [1.82, 2.24) is 4.90 Å². The van der Waals surface area contributed by atoms with Crippen molar-refractivity contribution in [3.63, 3.8) is 0 Å². The summed E-state index contributed by atoms with van der Waals surface area (Å²) in [6.07, 6.45) is 0. The molecule has 3 aromatic rings. The van der Waals surface area contributed by atoms with Gasteiger partial charge in [0.15, 0.2) is 0 Å². The molecule has 2 heterocycles. The van der Waals surface area contributed by atoms with Crippen molar-refractivity contribution in [3.8, 4) is 0 Å². The largest absolute Gasteiger partial charge is 0.325 e. The second-order valence-corrected chi connectivity index (χ2v) is 10.3. The maximum absolute atomic E-state index is 13.7. The van der Waals surface area contributed by atoms with E-state index in [2.05, 4.69) is 5.32 Å². The first-order valence-electron chi connectivity index (χ1n) is 11.5. The molecule has 3 aromatic carbocycles. The lowest BCUT2D eigenvalue weighted by Gasteiger charge is -2.23. The number of thiocarbonyl (C=S) groups is 1. The molecule has 0 radical (unpaired) electrons. The van der Waals surface area contributed by atoms with Crippen LogP contribution < -0.4 is 10.2 Å². The molecular formula is C28H23N3O3S2. The lowest BCUT2D eigenvalue weighted by atomic mass is 10.1. The van der Waals surface area contributed by atoms with Crippen molar-refractivity contribution in [2.45, 2.75) is 19.9 Å². The van der Waals surface area contributed by atoms with Gasteiger partial charge in [-0.15, -0.1) is 0 Å². The summed E-state index contributed by atoms with van der Waals surface area (Å²) in [6.45, 7) is 3.69. The number of para-hydroxylation sites is 1. The van der Waals surface area contributed by atoms with E-state index in [-0.39, 0.29) is 35.9 Å². The summed E-state index contributed by atoms with van der Waals surface area (Å²) >= 11 is 6.71. The molecular weight excluding hydrogens is 490 g/mol. The SMILES string of the molecule is Cc1cccc(NC(=O)CN2C(=O)/C(=C3\SC(=S)N(C(C)c4ccccc4)C3=O)c3ccccc32)c1. The number of carbonyl (C=O) groups excluding carboxylic acids is 3. The van der Waals surface area contributed by atoms with Gasteiger partial charge in [-0.3, -0.25) is 24.2 Å². The molecule has 0 saturated carbocycles. The van der Waals surface area contributed by atoms with Gasteiger partial charge < -0.3 is 5.32 Å². The third-order valence-electron chi connectivity index (χ3n) is 6.22. The van der Waals surface area contributed by atoms with E-state index in [1.165, 1.54) is 4.90 Å². The van der Waals surface area contributed by atoms with Crippen LogP contribution >= 0.6 is 24.0 Å². The Morgan fingerprint density at radius 1 is 0.972 bits per heavy atom. The molecule has 180 valence electrons. The molecule has 0 aromatic heterocycles. The van der Waals surface area contributed by atoms with Crippen molar-refractivity contribution in [1.29, 1.82) is 0 Å². The second kappa shape index (κ2) is 9.72. The van der Waals surface area contributed by atoms with Crippen LogP contribution in [0.3, 0.4) is 0 Å². The van der Waals surface area contributed by atoms with Gasteiger partial charge in [0.2, 0.25) is 5.91 Å². The van der Waals surface area contributed by atoms with Gasteiger partial charge in [-0.2, -0.15) is 0 Å². The predicted octanol–water partition coefficient (Wildman–Crippen LogP) is 5.31. The topological polar surface area (TPSA) is 69.7 Å². The summed E-state index contributed by atoms with van der Waals surface area (Å²) in [4.78, 5) is 43.4. The molecule has 8 heteroatoms. The summed E-state index contributed by atoms with van der Waals surface area (Å²) in [5.41, 5.74) is 4.14. The Bertz CT molecular complexity index is 1430. The molecule has 5 rings (SSSR count).